The van der Waals surface area contributed by atoms with Crippen LogP contribution in [0.5, 0.6) is 0 Å². The second kappa shape index (κ2) is 5.00. The molecule has 1 N–H and O–H groups in total. The Labute approximate surface area is 122 Å². The molecule has 0 atom stereocenters. The zero-order valence-corrected chi connectivity index (χ0v) is 11.7. The number of halogens is 3. The topological polar surface area (TPSA) is 37.8 Å². The average Bonchev–Trinajstić information content (AvgIpc) is 2.80. The van der Waals surface area contributed by atoms with E-state index in [4.69, 9.17) is 0 Å². The highest BCUT2D eigenvalue weighted by molar-refractivity contribution is 7.18. The Kier molecular flexibility index (Phi) is 3.29. The minimum absolute atomic E-state index is 0.341. The molecule has 2 aromatic heterocycles. The first-order valence-corrected chi connectivity index (χ1v) is 6.90. The number of hydrogen-bond acceptors (Lipinski definition) is 4. The number of alkyl halides is 3. The van der Waals surface area contributed by atoms with Crippen LogP contribution in [0.4, 0.5) is 24.7 Å². The lowest BCUT2D eigenvalue weighted by molar-refractivity contribution is -0.137. The second-order valence-corrected chi connectivity index (χ2v) is 5.74. The van der Waals surface area contributed by atoms with Crippen LogP contribution in [0, 0.1) is 6.92 Å². The van der Waals surface area contributed by atoms with Crippen molar-refractivity contribution in [2.24, 2.45) is 0 Å². The van der Waals surface area contributed by atoms with E-state index in [-0.39, 0.29) is 0 Å². The van der Waals surface area contributed by atoms with Crippen molar-refractivity contribution >= 4 is 33.1 Å². The molecule has 0 aliphatic heterocycles. The van der Waals surface area contributed by atoms with E-state index in [0.717, 1.165) is 27.2 Å². The molecular weight excluding hydrogens is 299 g/mol. The fraction of sp³-hybridized carbons (Fsp3) is 0.143. The van der Waals surface area contributed by atoms with Gasteiger partial charge in [-0.3, -0.25) is 0 Å². The van der Waals surface area contributed by atoms with Crippen LogP contribution < -0.4 is 5.32 Å². The maximum atomic E-state index is 12.7. The summed E-state index contributed by atoms with van der Waals surface area (Å²) in [6, 6.07) is 6.95. The standard InChI is InChI=1S/C14H10F3N3S/c1-8-5-11-12(18-7-19-13(11)21-8)20-10-4-2-3-9(6-10)14(15,16)17/h2-7H,1H3,(H,18,19,20). The minimum Gasteiger partial charge on any atom is -0.340 e. The first-order valence-electron chi connectivity index (χ1n) is 6.09. The summed E-state index contributed by atoms with van der Waals surface area (Å²) in [5.41, 5.74) is -0.354. The third kappa shape index (κ3) is 2.82. The van der Waals surface area contributed by atoms with Gasteiger partial charge < -0.3 is 5.32 Å². The first kappa shape index (κ1) is 13.8. The third-order valence-electron chi connectivity index (χ3n) is 2.91. The van der Waals surface area contributed by atoms with E-state index in [1.807, 2.05) is 13.0 Å². The lowest BCUT2D eigenvalue weighted by atomic mass is 10.2. The molecule has 0 saturated carbocycles. The Morgan fingerprint density at radius 3 is 2.71 bits per heavy atom. The molecule has 0 saturated heterocycles. The number of fused-ring (bicyclic) bond motifs is 1. The Balaban J connectivity index is 1.99. The number of benzene rings is 1. The molecule has 0 spiro atoms. The molecule has 3 aromatic rings. The Bertz CT molecular complexity index is 796. The summed E-state index contributed by atoms with van der Waals surface area (Å²) in [6.07, 6.45) is -2.97. The van der Waals surface area contributed by atoms with E-state index in [9.17, 15) is 13.2 Å². The maximum Gasteiger partial charge on any atom is 0.416 e. The number of nitrogens with zero attached hydrogens (tertiary/aromatic N) is 2. The molecule has 0 aliphatic carbocycles. The number of rotatable bonds is 2. The predicted octanol–water partition coefficient (Wildman–Crippen LogP) is 4.76. The summed E-state index contributed by atoms with van der Waals surface area (Å²) in [4.78, 5) is 10.1. The smallest absolute Gasteiger partial charge is 0.340 e. The summed E-state index contributed by atoms with van der Waals surface area (Å²) < 4.78 is 38.1. The molecule has 2 heterocycles. The van der Waals surface area contributed by atoms with Crippen LogP contribution in [0.1, 0.15) is 10.4 Å². The lowest BCUT2D eigenvalue weighted by Crippen LogP contribution is -2.05. The molecule has 21 heavy (non-hydrogen) atoms. The molecule has 0 bridgehead atoms. The molecule has 0 amide bonds. The zero-order valence-electron chi connectivity index (χ0n) is 10.9. The molecule has 3 nitrogen and oxygen atoms in total. The van der Waals surface area contributed by atoms with Crippen molar-refractivity contribution in [1.82, 2.24) is 9.97 Å². The van der Waals surface area contributed by atoms with Gasteiger partial charge in [-0.25, -0.2) is 9.97 Å². The monoisotopic (exact) mass is 309 g/mol. The van der Waals surface area contributed by atoms with Gasteiger partial charge in [-0.15, -0.1) is 11.3 Å². The summed E-state index contributed by atoms with van der Waals surface area (Å²) in [6.45, 7) is 1.94. The van der Waals surface area contributed by atoms with Gasteiger partial charge in [0.1, 0.15) is 17.0 Å². The van der Waals surface area contributed by atoms with Gasteiger partial charge in [-0.05, 0) is 31.2 Å². The van der Waals surface area contributed by atoms with Crippen molar-refractivity contribution in [2.75, 3.05) is 5.32 Å². The van der Waals surface area contributed by atoms with Crippen LogP contribution in [0.25, 0.3) is 10.2 Å². The molecule has 7 heteroatoms. The molecule has 0 aliphatic rings. The molecule has 0 radical (unpaired) electrons. The van der Waals surface area contributed by atoms with Crippen LogP contribution in [-0.4, -0.2) is 9.97 Å². The number of thiophene rings is 1. The SMILES string of the molecule is Cc1cc2c(Nc3cccc(C(F)(F)F)c3)ncnc2s1. The van der Waals surface area contributed by atoms with Crippen LogP contribution in [0.15, 0.2) is 36.7 Å². The number of aromatic nitrogens is 2. The van der Waals surface area contributed by atoms with E-state index >= 15 is 0 Å². The number of aryl methyl sites for hydroxylation is 1. The third-order valence-corrected chi connectivity index (χ3v) is 3.86. The number of anilines is 2. The Hall–Kier alpha value is -2.15. The normalized spacial score (nSPS) is 11.8. The van der Waals surface area contributed by atoms with Crippen LogP contribution in [0.3, 0.4) is 0 Å². The van der Waals surface area contributed by atoms with Gasteiger partial charge in [-0.1, -0.05) is 6.07 Å². The van der Waals surface area contributed by atoms with E-state index < -0.39 is 11.7 Å². The first-order chi connectivity index (χ1) is 9.93. The summed E-state index contributed by atoms with van der Waals surface area (Å²) in [5, 5.41) is 3.73. The van der Waals surface area contributed by atoms with E-state index in [0.29, 0.717) is 11.5 Å². The van der Waals surface area contributed by atoms with Crippen LogP contribution in [0.2, 0.25) is 0 Å². The quantitative estimate of drug-likeness (QED) is 0.741. The van der Waals surface area contributed by atoms with Gasteiger partial charge in [0.2, 0.25) is 0 Å². The van der Waals surface area contributed by atoms with Crippen LogP contribution in [-0.2, 0) is 6.18 Å². The molecular formula is C14H10F3N3S. The fourth-order valence-corrected chi connectivity index (χ4v) is 2.83. The predicted molar refractivity (Wildman–Crippen MR) is 76.9 cm³/mol. The van der Waals surface area contributed by atoms with Gasteiger partial charge in [0, 0.05) is 10.6 Å². The maximum absolute atomic E-state index is 12.7. The van der Waals surface area contributed by atoms with E-state index in [2.05, 4.69) is 15.3 Å². The zero-order chi connectivity index (χ0) is 15.0. The molecule has 3 rings (SSSR count). The Morgan fingerprint density at radius 1 is 1.14 bits per heavy atom. The van der Waals surface area contributed by atoms with Crippen molar-refractivity contribution in [3.63, 3.8) is 0 Å². The summed E-state index contributed by atoms with van der Waals surface area (Å²) in [7, 11) is 0. The van der Waals surface area contributed by atoms with Gasteiger partial charge in [0.15, 0.2) is 0 Å². The number of hydrogen-bond donors (Lipinski definition) is 1. The van der Waals surface area contributed by atoms with E-state index in [1.54, 1.807) is 6.07 Å². The van der Waals surface area contributed by atoms with Gasteiger partial charge in [0.25, 0.3) is 0 Å². The second-order valence-electron chi connectivity index (χ2n) is 4.50. The van der Waals surface area contributed by atoms with E-state index in [1.165, 1.54) is 23.7 Å². The number of nitrogens with one attached hydrogen (secondary N) is 1. The van der Waals surface area contributed by atoms with Gasteiger partial charge in [0.05, 0.1) is 10.9 Å². The highest BCUT2D eigenvalue weighted by atomic mass is 32.1. The van der Waals surface area contributed by atoms with Crippen molar-refractivity contribution < 1.29 is 13.2 Å². The Morgan fingerprint density at radius 2 is 1.95 bits per heavy atom. The highest BCUT2D eigenvalue weighted by Gasteiger charge is 2.30. The van der Waals surface area contributed by atoms with Gasteiger partial charge >= 0.3 is 6.18 Å². The summed E-state index contributed by atoms with van der Waals surface area (Å²) >= 11 is 1.51. The molecule has 108 valence electrons. The van der Waals surface area contributed by atoms with Crippen molar-refractivity contribution in [1.29, 1.82) is 0 Å². The molecule has 0 unspecified atom stereocenters. The van der Waals surface area contributed by atoms with Crippen LogP contribution >= 0.6 is 11.3 Å². The summed E-state index contributed by atoms with van der Waals surface area (Å²) in [5.74, 6) is 0.503. The van der Waals surface area contributed by atoms with Crippen molar-refractivity contribution in [3.05, 3.63) is 47.1 Å². The molecule has 1 aromatic carbocycles. The van der Waals surface area contributed by atoms with Crippen molar-refractivity contribution in [2.45, 2.75) is 13.1 Å². The van der Waals surface area contributed by atoms with Crippen molar-refractivity contribution in [3.8, 4) is 0 Å². The fourth-order valence-electron chi connectivity index (χ4n) is 1.99. The average molecular weight is 309 g/mol. The minimum atomic E-state index is -4.36. The molecule has 0 fully saturated rings. The highest BCUT2D eigenvalue weighted by Crippen LogP contribution is 2.33. The lowest BCUT2D eigenvalue weighted by Gasteiger charge is -2.10. The largest absolute Gasteiger partial charge is 0.416 e. The van der Waals surface area contributed by atoms with Gasteiger partial charge in [-0.2, -0.15) is 13.2 Å².